The van der Waals surface area contributed by atoms with Crippen LogP contribution in [0.25, 0.3) is 0 Å². The second-order valence-electron chi connectivity index (χ2n) is 13.0. The van der Waals surface area contributed by atoms with Crippen LogP contribution in [0.3, 0.4) is 0 Å². The van der Waals surface area contributed by atoms with Crippen molar-refractivity contribution in [3.8, 4) is 11.5 Å². The Labute approximate surface area is 240 Å². The number of alkyl halides is 2. The zero-order valence-electron chi connectivity index (χ0n) is 24.8. The largest absolute Gasteiger partial charge is 0.491 e. The SMILES string of the molecule is CCCCCC1CCC(C2CCC(C3CCC(C(F)C(F)COc4ccc(OCC)c(F)c4F)CC3)CC2)CC1. The molecule has 3 saturated carbocycles. The van der Waals surface area contributed by atoms with Gasteiger partial charge in [0.25, 0.3) is 0 Å². The lowest BCUT2D eigenvalue weighted by Gasteiger charge is -2.41. The van der Waals surface area contributed by atoms with Crippen LogP contribution in [-0.4, -0.2) is 25.6 Å². The Balaban J connectivity index is 1.14. The first-order valence-corrected chi connectivity index (χ1v) is 16.4. The number of ether oxygens (including phenoxy) is 2. The number of halogens is 4. The van der Waals surface area contributed by atoms with Crippen molar-refractivity contribution in [2.24, 2.45) is 35.5 Å². The highest BCUT2D eigenvalue weighted by molar-refractivity contribution is 5.35. The van der Waals surface area contributed by atoms with Crippen molar-refractivity contribution in [2.45, 2.75) is 129 Å². The van der Waals surface area contributed by atoms with Gasteiger partial charge in [-0.25, -0.2) is 8.78 Å². The second kappa shape index (κ2) is 15.7. The highest BCUT2D eigenvalue weighted by Crippen LogP contribution is 2.47. The summed E-state index contributed by atoms with van der Waals surface area (Å²) < 4.78 is 68.2. The Morgan fingerprint density at radius 1 is 0.675 bits per heavy atom. The number of benzene rings is 1. The predicted molar refractivity (Wildman–Crippen MR) is 153 cm³/mol. The lowest BCUT2D eigenvalue weighted by atomic mass is 9.64. The lowest BCUT2D eigenvalue weighted by Crippen LogP contribution is -2.35. The summed E-state index contributed by atoms with van der Waals surface area (Å²) in [6.45, 7) is 3.51. The van der Waals surface area contributed by atoms with Gasteiger partial charge in [0.1, 0.15) is 12.8 Å². The van der Waals surface area contributed by atoms with E-state index in [9.17, 15) is 13.2 Å². The summed E-state index contributed by atoms with van der Waals surface area (Å²) in [5.74, 6) is 0.789. The van der Waals surface area contributed by atoms with E-state index in [4.69, 9.17) is 9.47 Å². The molecule has 3 aliphatic carbocycles. The minimum absolute atomic E-state index is 0.191. The van der Waals surface area contributed by atoms with Crippen LogP contribution in [0.4, 0.5) is 17.6 Å². The summed E-state index contributed by atoms with van der Waals surface area (Å²) in [7, 11) is 0. The van der Waals surface area contributed by atoms with Crippen LogP contribution in [0.2, 0.25) is 0 Å². The molecule has 4 rings (SSSR count). The minimum Gasteiger partial charge on any atom is -0.491 e. The number of unbranched alkanes of at least 4 members (excludes halogenated alkanes) is 2. The van der Waals surface area contributed by atoms with E-state index in [0.717, 1.165) is 36.5 Å². The Hall–Kier alpha value is -1.46. The molecule has 3 aliphatic rings. The van der Waals surface area contributed by atoms with Crippen LogP contribution in [0, 0.1) is 47.1 Å². The van der Waals surface area contributed by atoms with Gasteiger partial charge in [0.15, 0.2) is 17.7 Å². The molecule has 0 bridgehead atoms. The molecule has 0 aliphatic heterocycles. The topological polar surface area (TPSA) is 18.5 Å². The zero-order chi connectivity index (χ0) is 28.5. The summed E-state index contributed by atoms with van der Waals surface area (Å²) in [5.41, 5.74) is 0. The van der Waals surface area contributed by atoms with Crippen molar-refractivity contribution in [3.63, 3.8) is 0 Å². The molecular weight excluding hydrogens is 516 g/mol. The van der Waals surface area contributed by atoms with Gasteiger partial charge in [0.05, 0.1) is 6.61 Å². The fraction of sp³-hybridized carbons (Fsp3) is 0.824. The Morgan fingerprint density at radius 2 is 1.15 bits per heavy atom. The second-order valence-corrected chi connectivity index (χ2v) is 13.0. The maximum atomic E-state index is 15.0. The Morgan fingerprint density at radius 3 is 1.65 bits per heavy atom. The van der Waals surface area contributed by atoms with E-state index in [0.29, 0.717) is 18.8 Å². The van der Waals surface area contributed by atoms with Crippen LogP contribution in [0.15, 0.2) is 12.1 Å². The van der Waals surface area contributed by atoms with E-state index in [-0.39, 0.29) is 18.3 Å². The van der Waals surface area contributed by atoms with Crippen LogP contribution >= 0.6 is 0 Å². The molecule has 0 spiro atoms. The molecule has 1 aromatic rings. The Bertz CT molecular complexity index is 871. The van der Waals surface area contributed by atoms with Gasteiger partial charge in [-0.1, -0.05) is 45.4 Å². The van der Waals surface area contributed by atoms with Crippen molar-refractivity contribution in [2.75, 3.05) is 13.2 Å². The Kier molecular flexibility index (Phi) is 12.3. The normalized spacial score (nSPS) is 30.9. The van der Waals surface area contributed by atoms with E-state index < -0.39 is 36.3 Å². The van der Waals surface area contributed by atoms with Crippen molar-refractivity contribution >= 4 is 0 Å². The minimum atomic E-state index is -1.87. The molecule has 1 aromatic carbocycles. The van der Waals surface area contributed by atoms with E-state index in [1.54, 1.807) is 6.92 Å². The monoisotopic (exact) mass is 568 g/mol. The zero-order valence-corrected chi connectivity index (χ0v) is 24.8. The molecule has 2 atom stereocenters. The smallest absolute Gasteiger partial charge is 0.204 e. The molecule has 0 heterocycles. The van der Waals surface area contributed by atoms with E-state index in [2.05, 4.69) is 6.92 Å². The first-order valence-electron chi connectivity index (χ1n) is 16.4. The third-order valence-corrected chi connectivity index (χ3v) is 10.6. The summed E-state index contributed by atoms with van der Waals surface area (Å²) in [5, 5.41) is 0. The first kappa shape index (κ1) is 31.5. The van der Waals surface area contributed by atoms with E-state index in [1.807, 2.05) is 0 Å². The molecule has 0 N–H and O–H groups in total. The summed E-state index contributed by atoms with van der Waals surface area (Å²) in [6, 6.07) is 2.44. The van der Waals surface area contributed by atoms with Gasteiger partial charge in [-0.3, -0.25) is 0 Å². The first-order chi connectivity index (χ1) is 19.4. The highest BCUT2D eigenvalue weighted by atomic mass is 19.2. The molecule has 6 heteroatoms. The maximum Gasteiger partial charge on any atom is 0.204 e. The molecule has 2 unspecified atom stereocenters. The van der Waals surface area contributed by atoms with Gasteiger partial charge in [0.2, 0.25) is 11.6 Å². The number of hydrogen-bond acceptors (Lipinski definition) is 2. The van der Waals surface area contributed by atoms with Crippen LogP contribution in [0.5, 0.6) is 11.5 Å². The molecular formula is C34H52F4O2. The highest BCUT2D eigenvalue weighted by Gasteiger charge is 2.38. The van der Waals surface area contributed by atoms with Crippen molar-refractivity contribution in [1.29, 1.82) is 0 Å². The van der Waals surface area contributed by atoms with Gasteiger partial charge < -0.3 is 9.47 Å². The van der Waals surface area contributed by atoms with Gasteiger partial charge in [-0.15, -0.1) is 0 Å². The molecule has 3 fully saturated rings. The van der Waals surface area contributed by atoms with Crippen molar-refractivity contribution in [1.82, 2.24) is 0 Å². The number of rotatable bonds is 13. The van der Waals surface area contributed by atoms with Crippen molar-refractivity contribution in [3.05, 3.63) is 23.8 Å². The molecule has 40 heavy (non-hydrogen) atoms. The van der Waals surface area contributed by atoms with Gasteiger partial charge in [-0.2, -0.15) is 8.78 Å². The lowest BCUT2D eigenvalue weighted by molar-refractivity contribution is 0.0367. The molecule has 2 nitrogen and oxygen atoms in total. The number of hydrogen-bond donors (Lipinski definition) is 0. The van der Waals surface area contributed by atoms with Gasteiger partial charge in [0, 0.05) is 0 Å². The average Bonchev–Trinajstić information content (AvgIpc) is 2.99. The third-order valence-electron chi connectivity index (χ3n) is 10.6. The third kappa shape index (κ3) is 8.31. The fourth-order valence-electron chi connectivity index (χ4n) is 8.10. The molecule has 228 valence electrons. The summed E-state index contributed by atoms with van der Waals surface area (Å²) in [6.07, 6.45) is 16.4. The van der Waals surface area contributed by atoms with E-state index >= 15 is 4.39 Å². The summed E-state index contributed by atoms with van der Waals surface area (Å²) in [4.78, 5) is 0. The standard InChI is InChI=1S/C34H52F4O2/c1-3-5-6-7-23-8-10-24(11-9-23)25-12-14-26(15-13-25)27-16-18-28(19-17-27)32(36)29(35)22-40-31-21-20-30(39-4-2)33(37)34(31)38/h20-21,23-29,32H,3-19,22H2,1-2H3. The van der Waals surface area contributed by atoms with Crippen LogP contribution in [-0.2, 0) is 0 Å². The molecule has 0 amide bonds. The van der Waals surface area contributed by atoms with Crippen molar-refractivity contribution < 1.29 is 27.0 Å². The molecule has 0 aromatic heterocycles. The van der Waals surface area contributed by atoms with E-state index in [1.165, 1.54) is 89.2 Å². The van der Waals surface area contributed by atoms with Crippen LogP contribution < -0.4 is 9.47 Å². The van der Waals surface area contributed by atoms with Gasteiger partial charge >= 0.3 is 0 Å². The predicted octanol–water partition coefficient (Wildman–Crippen LogP) is 10.4. The summed E-state index contributed by atoms with van der Waals surface area (Å²) >= 11 is 0. The van der Waals surface area contributed by atoms with Crippen LogP contribution in [0.1, 0.15) is 117 Å². The van der Waals surface area contributed by atoms with Gasteiger partial charge in [-0.05, 0) is 119 Å². The quantitative estimate of drug-likeness (QED) is 0.174. The maximum absolute atomic E-state index is 15.0. The fourth-order valence-corrected chi connectivity index (χ4v) is 8.10. The molecule has 0 saturated heterocycles. The molecule has 0 radical (unpaired) electrons. The average molecular weight is 569 g/mol.